The highest BCUT2D eigenvalue weighted by Gasteiger charge is 2.26. The fourth-order valence-electron chi connectivity index (χ4n) is 3.46. The third-order valence-corrected chi connectivity index (χ3v) is 5.35. The van der Waals surface area contributed by atoms with Crippen LogP contribution in [0.3, 0.4) is 0 Å². The maximum absolute atomic E-state index is 12.1. The SMILES string of the molecule is CCCCCCCCCCc1ccc(C#Cc2ccc(OCCCC(F)(F)F)cc2)cc1. The Labute approximate surface area is 191 Å². The topological polar surface area (TPSA) is 9.23 Å². The van der Waals surface area contributed by atoms with Gasteiger partial charge in [0.05, 0.1) is 6.61 Å². The van der Waals surface area contributed by atoms with Crippen molar-refractivity contribution in [3.63, 3.8) is 0 Å². The second-order valence-corrected chi connectivity index (χ2v) is 8.26. The lowest BCUT2D eigenvalue weighted by Gasteiger charge is -2.08. The number of rotatable bonds is 13. The molecule has 32 heavy (non-hydrogen) atoms. The van der Waals surface area contributed by atoms with Crippen molar-refractivity contribution in [2.24, 2.45) is 0 Å². The molecule has 2 rings (SSSR count). The van der Waals surface area contributed by atoms with Gasteiger partial charge in [-0.1, -0.05) is 75.8 Å². The van der Waals surface area contributed by atoms with Gasteiger partial charge in [-0.15, -0.1) is 0 Å². The summed E-state index contributed by atoms with van der Waals surface area (Å²) in [6.07, 6.45) is 6.78. The minimum atomic E-state index is -4.13. The second-order valence-electron chi connectivity index (χ2n) is 8.26. The first kappa shape index (κ1) is 25.8. The van der Waals surface area contributed by atoms with Gasteiger partial charge in [0.1, 0.15) is 5.75 Å². The molecule has 0 aromatic heterocycles. The molecular weight excluding hydrogens is 409 g/mol. The van der Waals surface area contributed by atoms with Gasteiger partial charge < -0.3 is 4.74 Å². The van der Waals surface area contributed by atoms with E-state index in [1.54, 1.807) is 12.1 Å². The van der Waals surface area contributed by atoms with E-state index in [0.29, 0.717) is 5.75 Å². The smallest absolute Gasteiger partial charge is 0.389 e. The number of hydrogen-bond donors (Lipinski definition) is 0. The third-order valence-electron chi connectivity index (χ3n) is 5.35. The molecule has 0 heterocycles. The Morgan fingerprint density at radius 1 is 0.688 bits per heavy atom. The Bertz CT molecular complexity index is 811. The zero-order chi connectivity index (χ0) is 23.1. The Morgan fingerprint density at radius 2 is 1.22 bits per heavy atom. The molecule has 0 aliphatic rings. The summed E-state index contributed by atoms with van der Waals surface area (Å²) >= 11 is 0. The fourth-order valence-corrected chi connectivity index (χ4v) is 3.46. The van der Waals surface area contributed by atoms with Crippen molar-refractivity contribution in [1.29, 1.82) is 0 Å². The number of benzene rings is 2. The van der Waals surface area contributed by atoms with E-state index in [1.807, 2.05) is 12.1 Å². The molecule has 2 aromatic carbocycles. The first-order valence-corrected chi connectivity index (χ1v) is 11.9. The Balaban J connectivity index is 1.68. The molecule has 0 aliphatic heterocycles. The standard InChI is InChI=1S/C28H35F3O/c1-2-3-4-5-6-7-8-9-11-24-12-14-25(15-13-24)16-17-26-18-20-27(21-19-26)32-23-10-22-28(29,30)31/h12-15,18-21H,2-11,22-23H2,1H3. The summed E-state index contributed by atoms with van der Waals surface area (Å²) in [6.45, 7) is 2.30. The molecule has 0 N–H and O–H groups in total. The molecule has 0 spiro atoms. The highest BCUT2D eigenvalue weighted by molar-refractivity contribution is 5.44. The Kier molecular flexibility index (Phi) is 11.8. The van der Waals surface area contributed by atoms with Crippen LogP contribution in [0.15, 0.2) is 48.5 Å². The first-order chi connectivity index (χ1) is 15.5. The summed E-state index contributed by atoms with van der Waals surface area (Å²) < 4.78 is 41.8. The van der Waals surface area contributed by atoms with Crippen LogP contribution in [0.25, 0.3) is 0 Å². The van der Waals surface area contributed by atoms with Crippen LogP contribution >= 0.6 is 0 Å². The van der Waals surface area contributed by atoms with E-state index in [2.05, 4.69) is 43.0 Å². The summed E-state index contributed by atoms with van der Waals surface area (Å²) in [5.74, 6) is 6.84. The maximum atomic E-state index is 12.1. The highest BCUT2D eigenvalue weighted by atomic mass is 19.4. The predicted octanol–water partition coefficient (Wildman–Crippen LogP) is 8.49. The minimum Gasteiger partial charge on any atom is -0.494 e. The van der Waals surface area contributed by atoms with Crippen LogP contribution in [-0.2, 0) is 6.42 Å². The predicted molar refractivity (Wildman–Crippen MR) is 126 cm³/mol. The average molecular weight is 445 g/mol. The summed E-state index contributed by atoms with van der Waals surface area (Å²) in [6, 6.07) is 15.6. The van der Waals surface area contributed by atoms with Crippen molar-refractivity contribution in [2.75, 3.05) is 6.61 Å². The molecule has 0 saturated carbocycles. The van der Waals surface area contributed by atoms with Crippen LogP contribution in [-0.4, -0.2) is 12.8 Å². The van der Waals surface area contributed by atoms with Crippen molar-refractivity contribution in [3.05, 3.63) is 65.2 Å². The lowest BCUT2D eigenvalue weighted by atomic mass is 10.0. The maximum Gasteiger partial charge on any atom is 0.389 e. The molecular formula is C28H35F3O. The second kappa shape index (κ2) is 14.6. The molecule has 0 saturated heterocycles. The number of hydrogen-bond acceptors (Lipinski definition) is 1. The largest absolute Gasteiger partial charge is 0.494 e. The molecule has 1 nitrogen and oxygen atoms in total. The van der Waals surface area contributed by atoms with E-state index < -0.39 is 12.6 Å². The van der Waals surface area contributed by atoms with Crippen molar-refractivity contribution < 1.29 is 17.9 Å². The molecule has 0 bridgehead atoms. The van der Waals surface area contributed by atoms with Crippen LogP contribution in [0, 0.1) is 11.8 Å². The van der Waals surface area contributed by atoms with E-state index in [-0.39, 0.29) is 13.0 Å². The molecule has 0 amide bonds. The van der Waals surface area contributed by atoms with E-state index in [0.717, 1.165) is 17.5 Å². The van der Waals surface area contributed by atoms with Crippen LogP contribution < -0.4 is 4.74 Å². The van der Waals surface area contributed by atoms with Crippen molar-refractivity contribution in [2.45, 2.75) is 83.7 Å². The minimum absolute atomic E-state index is 0.0416. The first-order valence-electron chi connectivity index (χ1n) is 11.9. The normalized spacial score (nSPS) is 11.1. The molecule has 0 unspecified atom stereocenters. The van der Waals surface area contributed by atoms with Crippen molar-refractivity contribution in [3.8, 4) is 17.6 Å². The van der Waals surface area contributed by atoms with Gasteiger partial charge in [0.25, 0.3) is 0 Å². The average Bonchev–Trinajstić information content (AvgIpc) is 2.78. The number of halogens is 3. The van der Waals surface area contributed by atoms with E-state index in [4.69, 9.17) is 4.74 Å². The van der Waals surface area contributed by atoms with Crippen LogP contribution in [0.5, 0.6) is 5.75 Å². The lowest BCUT2D eigenvalue weighted by Crippen LogP contribution is -2.09. The van der Waals surface area contributed by atoms with Gasteiger partial charge in [-0.2, -0.15) is 13.2 Å². The number of unbranched alkanes of at least 4 members (excludes halogenated alkanes) is 7. The van der Waals surface area contributed by atoms with E-state index >= 15 is 0 Å². The summed E-state index contributed by atoms with van der Waals surface area (Å²) in [5, 5.41) is 0. The number of aryl methyl sites for hydroxylation is 1. The molecule has 4 heteroatoms. The van der Waals surface area contributed by atoms with Crippen LogP contribution in [0.1, 0.15) is 87.8 Å². The Hall–Kier alpha value is -2.41. The molecule has 0 aliphatic carbocycles. The van der Waals surface area contributed by atoms with Gasteiger partial charge >= 0.3 is 6.18 Å². The zero-order valence-corrected chi connectivity index (χ0v) is 19.1. The lowest BCUT2D eigenvalue weighted by molar-refractivity contribution is -0.136. The zero-order valence-electron chi connectivity index (χ0n) is 19.1. The summed E-state index contributed by atoms with van der Waals surface area (Å²) in [4.78, 5) is 0. The van der Waals surface area contributed by atoms with Gasteiger partial charge in [-0.3, -0.25) is 0 Å². The molecule has 0 radical (unpaired) electrons. The van der Waals surface area contributed by atoms with Crippen molar-refractivity contribution in [1.82, 2.24) is 0 Å². The summed E-state index contributed by atoms with van der Waals surface area (Å²) in [5.41, 5.74) is 3.17. The van der Waals surface area contributed by atoms with Crippen LogP contribution in [0.2, 0.25) is 0 Å². The monoisotopic (exact) mass is 444 g/mol. The quantitative estimate of drug-likeness (QED) is 0.222. The molecule has 0 atom stereocenters. The fraction of sp³-hybridized carbons (Fsp3) is 0.500. The Morgan fingerprint density at radius 3 is 1.78 bits per heavy atom. The molecule has 174 valence electrons. The van der Waals surface area contributed by atoms with Gasteiger partial charge in [-0.05, 0) is 61.2 Å². The van der Waals surface area contributed by atoms with Gasteiger partial charge in [-0.25, -0.2) is 0 Å². The van der Waals surface area contributed by atoms with Crippen LogP contribution in [0.4, 0.5) is 13.2 Å². The van der Waals surface area contributed by atoms with Crippen molar-refractivity contribution >= 4 is 0 Å². The molecule has 0 fully saturated rings. The van der Waals surface area contributed by atoms with Gasteiger partial charge in [0.2, 0.25) is 0 Å². The number of alkyl halides is 3. The van der Waals surface area contributed by atoms with Gasteiger partial charge in [0, 0.05) is 17.5 Å². The highest BCUT2D eigenvalue weighted by Crippen LogP contribution is 2.21. The molecule has 2 aromatic rings. The van der Waals surface area contributed by atoms with Gasteiger partial charge in [0.15, 0.2) is 0 Å². The van der Waals surface area contributed by atoms with E-state index in [9.17, 15) is 13.2 Å². The van der Waals surface area contributed by atoms with E-state index in [1.165, 1.54) is 56.9 Å². The third kappa shape index (κ3) is 11.8. The number of ether oxygens (including phenoxy) is 1. The summed E-state index contributed by atoms with van der Waals surface area (Å²) in [7, 11) is 0.